The highest BCUT2D eigenvalue weighted by molar-refractivity contribution is 6.03. The summed E-state index contributed by atoms with van der Waals surface area (Å²) in [4.78, 5) is 14.9. The van der Waals surface area contributed by atoms with E-state index in [0.29, 0.717) is 0 Å². The van der Waals surface area contributed by atoms with Gasteiger partial charge in [0.1, 0.15) is 0 Å². The van der Waals surface area contributed by atoms with E-state index in [1.807, 2.05) is 71.6 Å². The summed E-state index contributed by atoms with van der Waals surface area (Å²) in [6, 6.07) is 28.1. The van der Waals surface area contributed by atoms with Crippen LogP contribution < -0.4 is 15.5 Å². The molecule has 2 N–H and O–H groups in total. The number of carbonyl (C=O) groups is 1. The van der Waals surface area contributed by atoms with Crippen molar-refractivity contribution in [2.24, 2.45) is 0 Å². The Morgan fingerprint density at radius 2 is 1.44 bits per heavy atom. The predicted octanol–water partition coefficient (Wildman–Crippen LogP) is 5.67. The van der Waals surface area contributed by atoms with E-state index in [1.54, 1.807) is 0 Å². The van der Waals surface area contributed by atoms with Crippen LogP contribution in [0.2, 0.25) is 0 Å². The second kappa shape index (κ2) is 7.54. The molecule has 3 aromatic rings. The summed E-state index contributed by atoms with van der Waals surface area (Å²) in [6.45, 7) is 2.10. The minimum atomic E-state index is -0.0979. The first kappa shape index (κ1) is 17.2. The van der Waals surface area contributed by atoms with Crippen LogP contribution in [0.1, 0.15) is 24.9 Å². The molecule has 0 aromatic heterocycles. The summed E-state index contributed by atoms with van der Waals surface area (Å²) >= 11 is 0. The van der Waals surface area contributed by atoms with Crippen molar-refractivity contribution in [3.63, 3.8) is 0 Å². The molecule has 1 aliphatic heterocycles. The van der Waals surface area contributed by atoms with Crippen molar-refractivity contribution in [3.8, 4) is 0 Å². The van der Waals surface area contributed by atoms with Gasteiger partial charge in [0.2, 0.25) is 0 Å². The lowest BCUT2D eigenvalue weighted by molar-refractivity contribution is 0.254. The van der Waals surface area contributed by atoms with Gasteiger partial charge in [-0.25, -0.2) is 4.79 Å². The fourth-order valence-electron chi connectivity index (χ4n) is 3.70. The van der Waals surface area contributed by atoms with Crippen LogP contribution in [0, 0.1) is 0 Å². The van der Waals surface area contributed by atoms with E-state index in [1.165, 1.54) is 0 Å². The molecule has 4 nitrogen and oxygen atoms in total. The molecule has 0 aliphatic carbocycles. The number of carbonyl (C=O) groups excluding carboxylic acids is 1. The van der Waals surface area contributed by atoms with Crippen LogP contribution in [-0.2, 0) is 0 Å². The Labute approximate surface area is 159 Å². The van der Waals surface area contributed by atoms with Crippen LogP contribution in [0.4, 0.5) is 21.9 Å². The molecule has 4 heteroatoms. The van der Waals surface area contributed by atoms with E-state index < -0.39 is 0 Å². The normalized spacial score (nSPS) is 18.5. The van der Waals surface area contributed by atoms with Crippen LogP contribution >= 0.6 is 0 Å². The second-order valence-electron chi connectivity index (χ2n) is 6.87. The van der Waals surface area contributed by atoms with Gasteiger partial charge in [0, 0.05) is 17.4 Å². The first-order valence-corrected chi connectivity index (χ1v) is 9.28. The molecule has 3 aromatic carbocycles. The smallest absolute Gasteiger partial charge is 0.326 e. The Morgan fingerprint density at radius 1 is 0.852 bits per heavy atom. The number of fused-ring (bicyclic) bond motifs is 1. The quantitative estimate of drug-likeness (QED) is 0.634. The molecular formula is C23H23N3O. The molecule has 1 aliphatic rings. The molecule has 2 amide bonds. The van der Waals surface area contributed by atoms with Gasteiger partial charge in [0.05, 0.1) is 11.7 Å². The summed E-state index contributed by atoms with van der Waals surface area (Å²) in [5, 5.41) is 6.63. The molecule has 136 valence electrons. The van der Waals surface area contributed by atoms with Gasteiger partial charge in [-0.15, -0.1) is 0 Å². The lowest BCUT2D eigenvalue weighted by Crippen LogP contribution is -2.46. The maximum Gasteiger partial charge on any atom is 0.326 e. The maximum absolute atomic E-state index is 13.0. The monoisotopic (exact) mass is 357 g/mol. The summed E-state index contributed by atoms with van der Waals surface area (Å²) < 4.78 is 0. The largest absolute Gasteiger partial charge is 0.378 e. The molecule has 27 heavy (non-hydrogen) atoms. The molecule has 1 heterocycles. The Hall–Kier alpha value is -3.27. The maximum atomic E-state index is 13.0. The fraction of sp³-hybridized carbons (Fsp3) is 0.174. The third-order valence-corrected chi connectivity index (χ3v) is 4.95. The lowest BCUT2D eigenvalue weighted by atomic mass is 9.91. The molecular weight excluding hydrogens is 334 g/mol. The van der Waals surface area contributed by atoms with Gasteiger partial charge in [-0.05, 0) is 49.2 Å². The first-order valence-electron chi connectivity index (χ1n) is 9.28. The molecule has 0 radical (unpaired) electrons. The number of nitrogens with one attached hydrogen (secondary N) is 2. The fourth-order valence-corrected chi connectivity index (χ4v) is 3.70. The van der Waals surface area contributed by atoms with E-state index in [0.717, 1.165) is 29.0 Å². The van der Waals surface area contributed by atoms with Crippen molar-refractivity contribution < 1.29 is 4.79 Å². The molecule has 0 fully saturated rings. The van der Waals surface area contributed by atoms with Gasteiger partial charge in [0.15, 0.2) is 0 Å². The Bertz CT molecular complexity index is 911. The van der Waals surface area contributed by atoms with Crippen molar-refractivity contribution in [1.82, 2.24) is 0 Å². The molecule has 0 saturated carbocycles. The van der Waals surface area contributed by atoms with Gasteiger partial charge < -0.3 is 10.6 Å². The molecule has 4 rings (SSSR count). The summed E-state index contributed by atoms with van der Waals surface area (Å²) in [7, 11) is 0. The number of rotatable bonds is 3. The predicted molar refractivity (Wildman–Crippen MR) is 111 cm³/mol. The highest BCUT2D eigenvalue weighted by Crippen LogP contribution is 2.39. The molecule has 0 spiro atoms. The van der Waals surface area contributed by atoms with Crippen molar-refractivity contribution >= 4 is 23.1 Å². The van der Waals surface area contributed by atoms with Crippen LogP contribution in [-0.4, -0.2) is 12.1 Å². The zero-order chi connectivity index (χ0) is 18.6. The highest BCUT2D eigenvalue weighted by Gasteiger charge is 2.33. The summed E-state index contributed by atoms with van der Waals surface area (Å²) in [6.07, 6.45) is 0.841. The molecule has 0 unspecified atom stereocenters. The molecule has 2 atom stereocenters. The number of amides is 2. The van der Waals surface area contributed by atoms with Crippen molar-refractivity contribution in [1.29, 1.82) is 0 Å². The van der Waals surface area contributed by atoms with E-state index in [2.05, 4.69) is 35.8 Å². The first-order chi connectivity index (χ1) is 13.2. The average molecular weight is 357 g/mol. The van der Waals surface area contributed by atoms with Crippen LogP contribution in [0.3, 0.4) is 0 Å². The van der Waals surface area contributed by atoms with Crippen molar-refractivity contribution in [2.75, 3.05) is 15.5 Å². The minimum Gasteiger partial charge on any atom is -0.378 e. The van der Waals surface area contributed by atoms with E-state index in [9.17, 15) is 4.79 Å². The standard InChI is InChI=1S/C23H23N3O/c1-17-16-21(24-18-10-4-2-5-11-18)20-14-8-9-15-22(20)26(17)23(27)25-19-12-6-3-7-13-19/h2-15,17,21,24H,16H2,1H3,(H,25,27)/t17-,21-/m0/s1. The summed E-state index contributed by atoms with van der Waals surface area (Å²) in [5.41, 5.74) is 3.99. The van der Waals surface area contributed by atoms with E-state index >= 15 is 0 Å². The number of urea groups is 1. The van der Waals surface area contributed by atoms with Gasteiger partial charge in [0.25, 0.3) is 0 Å². The number of anilines is 3. The minimum absolute atomic E-state index is 0.0739. The van der Waals surface area contributed by atoms with Gasteiger partial charge in [-0.3, -0.25) is 4.90 Å². The Balaban J connectivity index is 1.62. The van der Waals surface area contributed by atoms with Gasteiger partial charge in [-0.1, -0.05) is 54.6 Å². The van der Waals surface area contributed by atoms with E-state index in [-0.39, 0.29) is 18.1 Å². The van der Waals surface area contributed by atoms with Crippen LogP contribution in [0.25, 0.3) is 0 Å². The number of hydrogen-bond acceptors (Lipinski definition) is 2. The van der Waals surface area contributed by atoms with Crippen molar-refractivity contribution in [2.45, 2.75) is 25.4 Å². The second-order valence-corrected chi connectivity index (χ2v) is 6.87. The third kappa shape index (κ3) is 3.65. The SMILES string of the molecule is C[C@H]1C[C@H](Nc2ccccc2)c2ccccc2N1C(=O)Nc1ccccc1. The number of nitrogens with zero attached hydrogens (tertiary/aromatic N) is 1. The van der Waals surface area contributed by atoms with Gasteiger partial charge in [-0.2, -0.15) is 0 Å². The number of benzene rings is 3. The van der Waals surface area contributed by atoms with E-state index in [4.69, 9.17) is 0 Å². The highest BCUT2D eigenvalue weighted by atomic mass is 16.2. The zero-order valence-electron chi connectivity index (χ0n) is 15.3. The third-order valence-electron chi connectivity index (χ3n) is 4.95. The average Bonchev–Trinajstić information content (AvgIpc) is 2.69. The molecule has 0 bridgehead atoms. The topological polar surface area (TPSA) is 44.4 Å². The Kier molecular flexibility index (Phi) is 4.79. The van der Waals surface area contributed by atoms with Crippen LogP contribution in [0.15, 0.2) is 84.9 Å². The van der Waals surface area contributed by atoms with Crippen molar-refractivity contribution in [3.05, 3.63) is 90.5 Å². The Morgan fingerprint density at radius 3 is 2.15 bits per heavy atom. The summed E-state index contributed by atoms with van der Waals surface area (Å²) in [5.74, 6) is 0. The number of hydrogen-bond donors (Lipinski definition) is 2. The van der Waals surface area contributed by atoms with Gasteiger partial charge >= 0.3 is 6.03 Å². The van der Waals surface area contributed by atoms with Crippen LogP contribution in [0.5, 0.6) is 0 Å². The zero-order valence-corrected chi connectivity index (χ0v) is 15.3. The molecule has 0 saturated heterocycles. The lowest BCUT2D eigenvalue weighted by Gasteiger charge is -2.39. The number of para-hydroxylation sites is 3.